The first kappa shape index (κ1) is 17.1. The summed E-state index contributed by atoms with van der Waals surface area (Å²) >= 11 is 1.51. The first-order valence-corrected chi connectivity index (χ1v) is 9.84. The van der Waals surface area contributed by atoms with E-state index in [2.05, 4.69) is 16.4 Å². The van der Waals surface area contributed by atoms with E-state index in [0.29, 0.717) is 18.7 Å². The lowest BCUT2D eigenvalue weighted by atomic mass is 9.85. The van der Waals surface area contributed by atoms with Crippen molar-refractivity contribution in [1.29, 1.82) is 0 Å². The highest BCUT2D eigenvalue weighted by atomic mass is 32.2. The Hall–Kier alpha value is -2.34. The first-order valence-electron chi connectivity index (χ1n) is 9.02. The standard InChI is InChI=1S/C20H21N3O2S/c1-2-23-16-9-8-13(12-22-18(24)14-5-3-6-14)11-17(16)26-19-15(20(23)25)7-4-10-21-19/h4,7-11,14H,2-3,5-6,12H2,1H3,(H,22,24). The van der Waals surface area contributed by atoms with Gasteiger partial charge in [0, 0.05) is 30.1 Å². The minimum atomic E-state index is -0.0205. The summed E-state index contributed by atoms with van der Waals surface area (Å²) in [5.41, 5.74) is 2.57. The molecule has 1 N–H and O–H groups in total. The van der Waals surface area contributed by atoms with Gasteiger partial charge in [0.25, 0.3) is 5.91 Å². The highest BCUT2D eigenvalue weighted by Gasteiger charge is 2.28. The molecule has 1 saturated carbocycles. The number of pyridine rings is 1. The zero-order valence-electron chi connectivity index (χ0n) is 14.7. The number of nitrogens with one attached hydrogen (secondary N) is 1. The number of hydrogen-bond donors (Lipinski definition) is 1. The van der Waals surface area contributed by atoms with Crippen LogP contribution in [0.4, 0.5) is 5.69 Å². The quantitative estimate of drug-likeness (QED) is 0.896. The molecular weight excluding hydrogens is 346 g/mol. The number of anilines is 1. The average molecular weight is 367 g/mol. The van der Waals surface area contributed by atoms with E-state index in [4.69, 9.17) is 0 Å². The Bertz CT molecular complexity index is 864. The Morgan fingerprint density at radius 2 is 2.19 bits per heavy atom. The Balaban J connectivity index is 1.61. The summed E-state index contributed by atoms with van der Waals surface area (Å²) in [7, 11) is 0. The highest BCUT2D eigenvalue weighted by Crippen LogP contribution is 2.40. The Morgan fingerprint density at radius 3 is 2.92 bits per heavy atom. The molecule has 0 spiro atoms. The summed E-state index contributed by atoms with van der Waals surface area (Å²) in [6.07, 6.45) is 4.87. The lowest BCUT2D eigenvalue weighted by Crippen LogP contribution is -2.34. The molecule has 2 aliphatic rings. The molecule has 4 rings (SSSR count). The van der Waals surface area contributed by atoms with E-state index in [9.17, 15) is 9.59 Å². The maximum atomic E-state index is 12.9. The van der Waals surface area contributed by atoms with E-state index in [1.807, 2.05) is 25.1 Å². The van der Waals surface area contributed by atoms with Crippen LogP contribution in [0.3, 0.4) is 0 Å². The second-order valence-electron chi connectivity index (χ2n) is 6.66. The van der Waals surface area contributed by atoms with Crippen molar-refractivity contribution in [3.63, 3.8) is 0 Å². The fourth-order valence-corrected chi connectivity index (χ4v) is 4.37. The molecular formula is C20H21N3O2S. The van der Waals surface area contributed by atoms with Crippen LogP contribution >= 0.6 is 11.8 Å². The molecule has 26 heavy (non-hydrogen) atoms. The molecule has 1 aliphatic carbocycles. The smallest absolute Gasteiger partial charge is 0.261 e. The predicted molar refractivity (Wildman–Crippen MR) is 101 cm³/mol. The predicted octanol–water partition coefficient (Wildman–Crippen LogP) is 3.63. The molecule has 2 aromatic rings. The number of carbonyl (C=O) groups is 2. The fourth-order valence-electron chi connectivity index (χ4n) is 3.29. The third-order valence-corrected chi connectivity index (χ3v) is 6.09. The normalized spacial score (nSPS) is 16.3. The summed E-state index contributed by atoms with van der Waals surface area (Å²) in [5.74, 6) is 0.318. The van der Waals surface area contributed by atoms with Crippen molar-refractivity contribution in [2.24, 2.45) is 5.92 Å². The largest absolute Gasteiger partial charge is 0.352 e. The van der Waals surface area contributed by atoms with E-state index in [1.165, 1.54) is 11.8 Å². The zero-order valence-corrected chi connectivity index (χ0v) is 15.5. The van der Waals surface area contributed by atoms with Crippen molar-refractivity contribution < 1.29 is 9.59 Å². The Morgan fingerprint density at radius 1 is 1.35 bits per heavy atom. The van der Waals surface area contributed by atoms with Gasteiger partial charge in [-0.3, -0.25) is 9.59 Å². The summed E-state index contributed by atoms with van der Waals surface area (Å²) in [6, 6.07) is 9.63. The molecule has 0 saturated heterocycles. The monoisotopic (exact) mass is 367 g/mol. The number of carbonyl (C=O) groups excluding carboxylic acids is 2. The number of aromatic nitrogens is 1. The second kappa shape index (κ2) is 7.11. The fraction of sp³-hybridized carbons (Fsp3) is 0.350. The molecule has 2 heterocycles. The minimum Gasteiger partial charge on any atom is -0.352 e. The maximum absolute atomic E-state index is 12.9. The second-order valence-corrected chi connectivity index (χ2v) is 7.69. The van der Waals surface area contributed by atoms with Crippen molar-refractivity contribution in [2.45, 2.75) is 42.7 Å². The molecule has 1 aromatic carbocycles. The van der Waals surface area contributed by atoms with Gasteiger partial charge in [-0.25, -0.2) is 4.98 Å². The van der Waals surface area contributed by atoms with Crippen molar-refractivity contribution in [1.82, 2.24) is 10.3 Å². The molecule has 5 nitrogen and oxygen atoms in total. The maximum Gasteiger partial charge on any atom is 0.261 e. The summed E-state index contributed by atoms with van der Waals surface area (Å²) < 4.78 is 0. The number of amides is 2. The van der Waals surface area contributed by atoms with Gasteiger partial charge in [0.05, 0.1) is 11.3 Å². The molecule has 0 atom stereocenters. The van der Waals surface area contributed by atoms with Crippen LogP contribution in [-0.4, -0.2) is 23.3 Å². The number of rotatable bonds is 4. The summed E-state index contributed by atoms with van der Waals surface area (Å²) in [5, 5.41) is 3.76. The van der Waals surface area contributed by atoms with Gasteiger partial charge in [-0.15, -0.1) is 0 Å². The van der Waals surface area contributed by atoms with Crippen molar-refractivity contribution in [2.75, 3.05) is 11.4 Å². The van der Waals surface area contributed by atoms with Gasteiger partial charge < -0.3 is 10.2 Å². The van der Waals surface area contributed by atoms with Crippen LogP contribution in [0.15, 0.2) is 46.5 Å². The van der Waals surface area contributed by atoms with Gasteiger partial charge in [-0.05, 0) is 49.6 Å². The van der Waals surface area contributed by atoms with Crippen molar-refractivity contribution >= 4 is 29.3 Å². The number of hydrogen-bond acceptors (Lipinski definition) is 4. The molecule has 2 amide bonds. The van der Waals surface area contributed by atoms with Crippen LogP contribution in [0.5, 0.6) is 0 Å². The molecule has 6 heteroatoms. The van der Waals surface area contributed by atoms with Crippen LogP contribution in [0.25, 0.3) is 0 Å². The number of nitrogens with zero attached hydrogens (tertiary/aromatic N) is 2. The third kappa shape index (κ3) is 3.09. The Kier molecular flexibility index (Phi) is 4.68. The van der Waals surface area contributed by atoms with Crippen LogP contribution in [0.2, 0.25) is 0 Å². The zero-order chi connectivity index (χ0) is 18.1. The van der Waals surface area contributed by atoms with Gasteiger partial charge in [0.1, 0.15) is 5.03 Å². The number of fused-ring (bicyclic) bond motifs is 2. The molecule has 1 aliphatic heterocycles. The van der Waals surface area contributed by atoms with E-state index < -0.39 is 0 Å². The average Bonchev–Trinajstić information content (AvgIpc) is 2.72. The van der Waals surface area contributed by atoms with E-state index >= 15 is 0 Å². The van der Waals surface area contributed by atoms with Gasteiger partial charge in [0.2, 0.25) is 5.91 Å². The molecule has 0 bridgehead atoms. The van der Waals surface area contributed by atoms with Crippen LogP contribution in [0.1, 0.15) is 42.1 Å². The highest BCUT2D eigenvalue weighted by molar-refractivity contribution is 7.99. The van der Waals surface area contributed by atoms with Gasteiger partial charge in [-0.2, -0.15) is 0 Å². The van der Waals surface area contributed by atoms with Crippen molar-refractivity contribution in [3.05, 3.63) is 47.7 Å². The van der Waals surface area contributed by atoms with Gasteiger partial charge >= 0.3 is 0 Å². The molecule has 0 unspecified atom stereocenters. The summed E-state index contributed by atoms with van der Waals surface area (Å²) in [4.78, 5) is 32.1. The Labute approximate surface area is 157 Å². The molecule has 1 fully saturated rings. The van der Waals surface area contributed by atoms with E-state index in [-0.39, 0.29) is 17.7 Å². The minimum absolute atomic E-state index is 0.0205. The van der Waals surface area contributed by atoms with Crippen LogP contribution in [0, 0.1) is 5.92 Å². The van der Waals surface area contributed by atoms with Gasteiger partial charge in [0.15, 0.2) is 0 Å². The lowest BCUT2D eigenvalue weighted by molar-refractivity contribution is -0.127. The molecule has 134 valence electrons. The van der Waals surface area contributed by atoms with Crippen LogP contribution in [-0.2, 0) is 11.3 Å². The molecule has 0 radical (unpaired) electrons. The lowest BCUT2D eigenvalue weighted by Gasteiger charge is -2.24. The third-order valence-electron chi connectivity index (χ3n) is 5.03. The van der Waals surface area contributed by atoms with Crippen LogP contribution < -0.4 is 10.2 Å². The summed E-state index contributed by atoms with van der Waals surface area (Å²) in [6.45, 7) is 3.08. The molecule has 1 aromatic heterocycles. The number of benzene rings is 1. The SMILES string of the molecule is CCN1C(=O)c2cccnc2Sc2cc(CNC(=O)C3CCC3)ccc21. The topological polar surface area (TPSA) is 62.3 Å². The van der Waals surface area contributed by atoms with E-state index in [1.54, 1.807) is 17.2 Å². The van der Waals surface area contributed by atoms with E-state index in [0.717, 1.165) is 40.4 Å². The van der Waals surface area contributed by atoms with Crippen molar-refractivity contribution in [3.8, 4) is 0 Å². The first-order chi connectivity index (χ1) is 12.7. The van der Waals surface area contributed by atoms with Gasteiger partial charge in [-0.1, -0.05) is 24.2 Å².